The Bertz CT molecular complexity index is 649. The number of benzene rings is 2. The van der Waals surface area contributed by atoms with Crippen molar-refractivity contribution < 1.29 is 13.5 Å². The van der Waals surface area contributed by atoms with Gasteiger partial charge in [0.15, 0.2) is 11.6 Å². The van der Waals surface area contributed by atoms with E-state index in [2.05, 4.69) is 15.9 Å². The predicted molar refractivity (Wildman–Crippen MR) is 76.5 cm³/mol. The highest BCUT2D eigenvalue weighted by Gasteiger charge is 2.09. The van der Waals surface area contributed by atoms with E-state index in [9.17, 15) is 8.78 Å². The standard InChI is InChI=1S/C13H8BrF2NOS/c14-10-6-8(2-3-9(10)13(17)19)18-12-4-1-7(15)5-11(12)16/h1-6H,(H2,17,19). The smallest absolute Gasteiger partial charge is 0.168 e. The average molecular weight is 344 g/mol. The van der Waals surface area contributed by atoms with Crippen molar-refractivity contribution in [1.29, 1.82) is 0 Å². The molecule has 0 amide bonds. The van der Waals surface area contributed by atoms with Crippen LogP contribution in [0.4, 0.5) is 8.78 Å². The van der Waals surface area contributed by atoms with Crippen LogP contribution in [0.15, 0.2) is 40.9 Å². The highest BCUT2D eigenvalue weighted by atomic mass is 79.9. The molecule has 98 valence electrons. The van der Waals surface area contributed by atoms with Crippen LogP contribution in [0.25, 0.3) is 0 Å². The fourth-order valence-corrected chi connectivity index (χ4v) is 2.32. The van der Waals surface area contributed by atoms with Gasteiger partial charge in [0.2, 0.25) is 0 Å². The number of nitrogens with two attached hydrogens (primary N) is 1. The van der Waals surface area contributed by atoms with Crippen molar-refractivity contribution in [2.75, 3.05) is 0 Å². The van der Waals surface area contributed by atoms with Crippen LogP contribution in [-0.4, -0.2) is 4.99 Å². The normalized spacial score (nSPS) is 10.3. The molecule has 0 bridgehead atoms. The molecule has 0 aromatic heterocycles. The Hall–Kier alpha value is -1.53. The van der Waals surface area contributed by atoms with Crippen molar-refractivity contribution >= 4 is 33.1 Å². The average Bonchev–Trinajstić information content (AvgIpc) is 2.32. The van der Waals surface area contributed by atoms with Gasteiger partial charge in [-0.1, -0.05) is 12.2 Å². The highest BCUT2D eigenvalue weighted by molar-refractivity contribution is 9.10. The van der Waals surface area contributed by atoms with Gasteiger partial charge in [0, 0.05) is 16.1 Å². The number of halogens is 3. The van der Waals surface area contributed by atoms with E-state index in [0.717, 1.165) is 12.1 Å². The van der Waals surface area contributed by atoms with Crippen LogP contribution in [0.5, 0.6) is 11.5 Å². The largest absolute Gasteiger partial charge is 0.454 e. The summed E-state index contributed by atoms with van der Waals surface area (Å²) >= 11 is 8.15. The zero-order valence-corrected chi connectivity index (χ0v) is 11.9. The summed E-state index contributed by atoms with van der Waals surface area (Å²) in [5.74, 6) is -1.10. The predicted octanol–water partition coefficient (Wildman–Crippen LogP) is 4.15. The minimum absolute atomic E-state index is 0.0589. The number of thiocarbonyl (C=S) groups is 1. The first kappa shape index (κ1) is 13.9. The second-order valence-electron chi connectivity index (χ2n) is 3.68. The summed E-state index contributed by atoms with van der Waals surface area (Å²) in [5, 5.41) is 0. The number of hydrogen-bond acceptors (Lipinski definition) is 2. The van der Waals surface area contributed by atoms with E-state index in [0.29, 0.717) is 15.8 Å². The SMILES string of the molecule is NC(=S)c1ccc(Oc2ccc(F)cc2F)cc1Br. The van der Waals surface area contributed by atoms with E-state index in [1.165, 1.54) is 6.07 Å². The van der Waals surface area contributed by atoms with Crippen molar-refractivity contribution in [2.24, 2.45) is 5.73 Å². The second-order valence-corrected chi connectivity index (χ2v) is 4.98. The maximum Gasteiger partial charge on any atom is 0.168 e. The lowest BCUT2D eigenvalue weighted by molar-refractivity contribution is 0.437. The molecule has 6 heteroatoms. The maximum absolute atomic E-state index is 13.4. The van der Waals surface area contributed by atoms with Gasteiger partial charge in [0.05, 0.1) is 0 Å². The second kappa shape index (κ2) is 5.63. The van der Waals surface area contributed by atoms with E-state index < -0.39 is 11.6 Å². The molecular formula is C13H8BrF2NOS. The minimum atomic E-state index is -0.769. The first-order valence-electron chi connectivity index (χ1n) is 5.19. The first-order valence-corrected chi connectivity index (χ1v) is 6.40. The Morgan fingerprint density at radius 1 is 1.16 bits per heavy atom. The van der Waals surface area contributed by atoms with Crippen molar-refractivity contribution in [3.63, 3.8) is 0 Å². The zero-order chi connectivity index (χ0) is 14.0. The third-order valence-electron chi connectivity index (χ3n) is 2.33. The lowest BCUT2D eigenvalue weighted by Crippen LogP contribution is -2.09. The Kier molecular flexibility index (Phi) is 4.11. The molecular weight excluding hydrogens is 336 g/mol. The summed E-state index contributed by atoms with van der Waals surface area (Å²) in [5.41, 5.74) is 6.17. The van der Waals surface area contributed by atoms with Crippen molar-refractivity contribution in [3.05, 3.63) is 58.1 Å². The lowest BCUT2D eigenvalue weighted by atomic mass is 10.2. The molecule has 0 saturated heterocycles. The van der Waals surface area contributed by atoms with Gasteiger partial charge in [-0.05, 0) is 46.3 Å². The Morgan fingerprint density at radius 2 is 1.89 bits per heavy atom. The van der Waals surface area contributed by atoms with E-state index in [1.54, 1.807) is 18.2 Å². The quantitative estimate of drug-likeness (QED) is 0.850. The topological polar surface area (TPSA) is 35.2 Å². The van der Waals surface area contributed by atoms with Crippen LogP contribution in [0.1, 0.15) is 5.56 Å². The van der Waals surface area contributed by atoms with Crippen LogP contribution in [0.3, 0.4) is 0 Å². The molecule has 2 nitrogen and oxygen atoms in total. The molecule has 2 rings (SSSR count). The Balaban J connectivity index is 2.29. The van der Waals surface area contributed by atoms with Crippen molar-refractivity contribution in [2.45, 2.75) is 0 Å². The molecule has 0 aliphatic rings. The monoisotopic (exact) mass is 343 g/mol. The number of ether oxygens (including phenoxy) is 1. The van der Waals surface area contributed by atoms with Crippen LogP contribution in [-0.2, 0) is 0 Å². The third-order valence-corrected chi connectivity index (χ3v) is 3.20. The first-order chi connectivity index (χ1) is 8.97. The van der Waals surface area contributed by atoms with Crippen LogP contribution < -0.4 is 10.5 Å². The molecule has 0 aliphatic carbocycles. The van der Waals surface area contributed by atoms with Gasteiger partial charge in [-0.25, -0.2) is 8.78 Å². The molecule has 2 aromatic carbocycles. The van der Waals surface area contributed by atoms with Gasteiger partial charge in [-0.2, -0.15) is 0 Å². The van der Waals surface area contributed by atoms with E-state index in [-0.39, 0.29) is 10.7 Å². The van der Waals surface area contributed by atoms with Crippen LogP contribution >= 0.6 is 28.1 Å². The Morgan fingerprint density at radius 3 is 2.47 bits per heavy atom. The van der Waals surface area contributed by atoms with Crippen molar-refractivity contribution in [1.82, 2.24) is 0 Å². The molecule has 0 atom stereocenters. The molecule has 0 radical (unpaired) electrons. The molecule has 0 saturated carbocycles. The van der Waals surface area contributed by atoms with Gasteiger partial charge >= 0.3 is 0 Å². The van der Waals surface area contributed by atoms with Crippen LogP contribution in [0.2, 0.25) is 0 Å². The van der Waals surface area contributed by atoms with Crippen molar-refractivity contribution in [3.8, 4) is 11.5 Å². The molecule has 0 aliphatic heterocycles. The van der Waals surface area contributed by atoms with Gasteiger partial charge in [-0.15, -0.1) is 0 Å². The molecule has 0 unspecified atom stereocenters. The summed E-state index contributed by atoms with van der Waals surface area (Å²) < 4.78 is 32.2. The minimum Gasteiger partial charge on any atom is -0.454 e. The summed E-state index contributed by atoms with van der Waals surface area (Å²) in [6.07, 6.45) is 0. The van der Waals surface area contributed by atoms with Crippen LogP contribution in [0, 0.1) is 11.6 Å². The molecule has 0 heterocycles. The third kappa shape index (κ3) is 3.27. The molecule has 19 heavy (non-hydrogen) atoms. The molecule has 0 spiro atoms. The van der Waals surface area contributed by atoms with Gasteiger partial charge < -0.3 is 10.5 Å². The molecule has 0 fully saturated rings. The summed E-state index contributed by atoms with van der Waals surface area (Å²) in [6.45, 7) is 0. The van der Waals surface area contributed by atoms with E-state index in [4.69, 9.17) is 22.7 Å². The Labute approximate surface area is 122 Å². The highest BCUT2D eigenvalue weighted by Crippen LogP contribution is 2.28. The summed E-state index contributed by atoms with van der Waals surface area (Å²) in [7, 11) is 0. The fraction of sp³-hybridized carbons (Fsp3) is 0. The van der Waals surface area contributed by atoms with Gasteiger partial charge in [0.25, 0.3) is 0 Å². The van der Waals surface area contributed by atoms with E-state index >= 15 is 0 Å². The van der Waals surface area contributed by atoms with E-state index in [1.807, 2.05) is 0 Å². The summed E-state index contributed by atoms with van der Waals surface area (Å²) in [6, 6.07) is 7.97. The lowest BCUT2D eigenvalue weighted by Gasteiger charge is -2.09. The number of hydrogen-bond donors (Lipinski definition) is 1. The van der Waals surface area contributed by atoms with Gasteiger partial charge in [-0.3, -0.25) is 0 Å². The zero-order valence-electron chi connectivity index (χ0n) is 9.49. The van der Waals surface area contributed by atoms with Gasteiger partial charge in [0.1, 0.15) is 16.6 Å². The number of rotatable bonds is 3. The fourth-order valence-electron chi connectivity index (χ4n) is 1.44. The maximum atomic E-state index is 13.4. The molecule has 2 N–H and O–H groups in total. The summed E-state index contributed by atoms with van der Waals surface area (Å²) in [4.78, 5) is 0.242. The molecule has 2 aromatic rings.